The summed E-state index contributed by atoms with van der Waals surface area (Å²) in [6.07, 6.45) is 42.4. The van der Waals surface area contributed by atoms with Crippen LogP contribution in [-0.2, 0) is 19.1 Å². The molecule has 1 aliphatic rings. The van der Waals surface area contributed by atoms with Crippen molar-refractivity contribution in [2.75, 3.05) is 20.6 Å². The molecular weight excluding hydrogens is 655 g/mol. The summed E-state index contributed by atoms with van der Waals surface area (Å²) in [5, 5.41) is 0. The molecule has 0 aromatic heterocycles. The van der Waals surface area contributed by atoms with Crippen molar-refractivity contribution in [1.29, 1.82) is 0 Å². The van der Waals surface area contributed by atoms with Gasteiger partial charge < -0.3 is 14.4 Å². The van der Waals surface area contributed by atoms with Crippen LogP contribution in [0, 0.1) is 11.3 Å². The van der Waals surface area contributed by atoms with E-state index in [1.54, 1.807) is 0 Å². The first-order valence-electron chi connectivity index (χ1n) is 23.8. The van der Waals surface area contributed by atoms with E-state index in [0.717, 1.165) is 70.1 Å². The van der Waals surface area contributed by atoms with Gasteiger partial charge in [-0.25, -0.2) is 0 Å². The molecule has 0 spiro atoms. The number of rotatable bonds is 40. The zero-order chi connectivity index (χ0) is 38.8. The van der Waals surface area contributed by atoms with Gasteiger partial charge in [-0.2, -0.15) is 0 Å². The van der Waals surface area contributed by atoms with Crippen LogP contribution in [0.5, 0.6) is 0 Å². The highest BCUT2D eigenvalue weighted by atomic mass is 16.5. The number of carbonyl (C=O) groups is 2. The molecule has 0 saturated heterocycles. The molecule has 53 heavy (non-hydrogen) atoms. The summed E-state index contributed by atoms with van der Waals surface area (Å²) >= 11 is 0. The second-order valence-electron chi connectivity index (χ2n) is 17.7. The summed E-state index contributed by atoms with van der Waals surface area (Å²) in [5.74, 6) is 1.03. The number of unbranched alkanes of at least 4 members (excludes halogenated alkanes) is 19. The van der Waals surface area contributed by atoms with E-state index in [-0.39, 0.29) is 24.1 Å². The van der Waals surface area contributed by atoms with Crippen molar-refractivity contribution in [2.45, 2.75) is 265 Å². The minimum atomic E-state index is 0.0373. The Morgan fingerprint density at radius 3 is 1.34 bits per heavy atom. The summed E-state index contributed by atoms with van der Waals surface area (Å²) in [4.78, 5) is 27.2. The number of hydrogen-bond acceptors (Lipinski definition) is 5. The topological polar surface area (TPSA) is 55.8 Å². The van der Waals surface area contributed by atoms with Gasteiger partial charge in [0, 0.05) is 12.8 Å². The summed E-state index contributed by atoms with van der Waals surface area (Å²) in [7, 11) is 4.46. The highest BCUT2D eigenvalue weighted by Gasteiger charge is 2.51. The largest absolute Gasteiger partial charge is 0.462 e. The number of esters is 2. The van der Waals surface area contributed by atoms with Crippen LogP contribution in [-0.4, -0.2) is 49.7 Å². The molecule has 1 saturated carbocycles. The van der Waals surface area contributed by atoms with E-state index in [1.165, 1.54) is 154 Å². The van der Waals surface area contributed by atoms with Crippen LogP contribution < -0.4 is 0 Å². The third-order valence-electron chi connectivity index (χ3n) is 12.3. The predicted molar refractivity (Wildman–Crippen MR) is 229 cm³/mol. The maximum Gasteiger partial charge on any atom is 0.306 e. The van der Waals surface area contributed by atoms with Crippen molar-refractivity contribution in [3.05, 3.63) is 0 Å². The molecule has 0 aromatic rings. The lowest BCUT2D eigenvalue weighted by atomic mass is 9.89. The fraction of sp³-hybridized carbons (Fsp3) is 0.958. The van der Waals surface area contributed by atoms with E-state index in [0.29, 0.717) is 18.3 Å². The van der Waals surface area contributed by atoms with Crippen LogP contribution in [0.4, 0.5) is 0 Å². The third kappa shape index (κ3) is 28.0. The number of nitrogens with zero attached hydrogens (tertiary/aromatic N) is 1. The van der Waals surface area contributed by atoms with Gasteiger partial charge in [0.1, 0.15) is 12.2 Å². The zero-order valence-electron chi connectivity index (χ0n) is 36.8. The first-order valence-corrected chi connectivity index (χ1v) is 23.8. The first kappa shape index (κ1) is 49.9. The lowest BCUT2D eigenvalue weighted by molar-refractivity contribution is -0.151. The number of ether oxygens (including phenoxy) is 2. The minimum absolute atomic E-state index is 0.0373. The highest BCUT2D eigenvalue weighted by molar-refractivity contribution is 5.69. The Morgan fingerprint density at radius 2 is 0.906 bits per heavy atom. The van der Waals surface area contributed by atoms with Gasteiger partial charge in [-0.15, -0.1) is 0 Å². The SMILES string of the molecule is CCCCCC(CCCC)OC(=O)CCCCCCCCCCC1(CCN(C)C)CC1CCCCCCCCCC(=O)OC(CCCC)CCCCC. The van der Waals surface area contributed by atoms with Crippen molar-refractivity contribution < 1.29 is 19.1 Å². The van der Waals surface area contributed by atoms with Gasteiger partial charge >= 0.3 is 11.9 Å². The highest BCUT2D eigenvalue weighted by Crippen LogP contribution is 2.61. The molecule has 314 valence electrons. The standard InChI is InChI=1S/C48H93NO4/c1-7-11-26-35-44(33-13-9-3)52-46(50)37-29-23-19-15-16-21-25-31-39-48(40-41-49(5)6)42-43(48)32-28-22-18-17-20-24-30-38-47(51)53-45(34-14-10-4)36-27-12-8-2/h43-45H,7-42H2,1-6H3. The fourth-order valence-electron chi connectivity index (χ4n) is 8.50. The van der Waals surface area contributed by atoms with Crippen molar-refractivity contribution in [3.63, 3.8) is 0 Å². The molecule has 0 N–H and O–H groups in total. The van der Waals surface area contributed by atoms with Gasteiger partial charge in [-0.05, 0) is 109 Å². The lowest BCUT2D eigenvalue weighted by Gasteiger charge is -2.20. The maximum atomic E-state index is 12.4. The van der Waals surface area contributed by atoms with Gasteiger partial charge in [0.25, 0.3) is 0 Å². The molecule has 1 aliphatic carbocycles. The quantitative estimate of drug-likeness (QED) is 0.0461. The monoisotopic (exact) mass is 748 g/mol. The van der Waals surface area contributed by atoms with Crippen LogP contribution in [0.2, 0.25) is 0 Å². The maximum absolute atomic E-state index is 12.4. The van der Waals surface area contributed by atoms with Gasteiger partial charge in [0.05, 0.1) is 0 Å². The first-order chi connectivity index (χ1) is 25.8. The molecule has 4 atom stereocenters. The van der Waals surface area contributed by atoms with Gasteiger partial charge in [-0.3, -0.25) is 9.59 Å². The van der Waals surface area contributed by atoms with Crippen LogP contribution in [0.15, 0.2) is 0 Å². The molecule has 0 heterocycles. The fourth-order valence-corrected chi connectivity index (χ4v) is 8.50. The molecule has 0 radical (unpaired) electrons. The Kier molecular flexibility index (Phi) is 32.2. The molecule has 0 aromatic carbocycles. The van der Waals surface area contributed by atoms with Crippen LogP contribution in [0.25, 0.3) is 0 Å². The third-order valence-corrected chi connectivity index (χ3v) is 12.3. The minimum Gasteiger partial charge on any atom is -0.462 e. The lowest BCUT2D eigenvalue weighted by Crippen LogP contribution is -2.18. The number of carbonyl (C=O) groups excluding carboxylic acids is 2. The van der Waals surface area contributed by atoms with E-state index in [4.69, 9.17) is 9.47 Å². The van der Waals surface area contributed by atoms with Crippen molar-refractivity contribution in [2.24, 2.45) is 11.3 Å². The van der Waals surface area contributed by atoms with Crippen LogP contribution in [0.1, 0.15) is 252 Å². The predicted octanol–water partition coefficient (Wildman–Crippen LogP) is 14.7. The smallest absolute Gasteiger partial charge is 0.306 e. The van der Waals surface area contributed by atoms with Gasteiger partial charge in [0.2, 0.25) is 0 Å². The van der Waals surface area contributed by atoms with E-state index in [9.17, 15) is 9.59 Å². The summed E-state index contributed by atoms with van der Waals surface area (Å²) in [6.45, 7) is 10.1. The molecule has 5 heteroatoms. The Balaban J connectivity index is 2.12. The Bertz CT molecular complexity index is 845. The van der Waals surface area contributed by atoms with Crippen molar-refractivity contribution >= 4 is 11.9 Å². The summed E-state index contributed by atoms with van der Waals surface area (Å²) < 4.78 is 11.7. The van der Waals surface area contributed by atoms with Crippen LogP contribution in [0.3, 0.4) is 0 Å². The summed E-state index contributed by atoms with van der Waals surface area (Å²) in [5.41, 5.74) is 0.630. The average molecular weight is 748 g/mol. The number of hydrogen-bond donors (Lipinski definition) is 0. The van der Waals surface area contributed by atoms with E-state index in [1.807, 2.05) is 0 Å². The van der Waals surface area contributed by atoms with Crippen LogP contribution >= 0.6 is 0 Å². The molecule has 0 aliphatic heterocycles. The van der Waals surface area contributed by atoms with E-state index in [2.05, 4.69) is 46.7 Å². The molecule has 5 nitrogen and oxygen atoms in total. The van der Waals surface area contributed by atoms with Crippen molar-refractivity contribution in [1.82, 2.24) is 4.90 Å². The van der Waals surface area contributed by atoms with Gasteiger partial charge in [-0.1, -0.05) is 163 Å². The Labute approximate surface area is 331 Å². The molecule has 0 amide bonds. The molecular formula is C48H93NO4. The molecule has 4 unspecified atom stereocenters. The summed E-state index contributed by atoms with van der Waals surface area (Å²) in [6, 6.07) is 0. The normalized spacial score (nSPS) is 18.0. The molecule has 1 fully saturated rings. The van der Waals surface area contributed by atoms with Crippen molar-refractivity contribution in [3.8, 4) is 0 Å². The Morgan fingerprint density at radius 1 is 0.509 bits per heavy atom. The molecule has 0 bridgehead atoms. The van der Waals surface area contributed by atoms with E-state index < -0.39 is 0 Å². The van der Waals surface area contributed by atoms with E-state index >= 15 is 0 Å². The van der Waals surface area contributed by atoms with Gasteiger partial charge in [0.15, 0.2) is 0 Å². The Hall–Kier alpha value is -1.10. The zero-order valence-corrected chi connectivity index (χ0v) is 36.8. The average Bonchev–Trinajstić information content (AvgIpc) is 3.84. The second kappa shape index (κ2) is 34.2. The second-order valence-corrected chi connectivity index (χ2v) is 17.7. The molecule has 1 rings (SSSR count).